The van der Waals surface area contributed by atoms with Crippen LogP contribution in [0.4, 0.5) is 0 Å². The molecule has 4 heterocycles. The van der Waals surface area contributed by atoms with Gasteiger partial charge in [0.1, 0.15) is 11.6 Å². The summed E-state index contributed by atoms with van der Waals surface area (Å²) in [5, 5.41) is 11.5. The van der Waals surface area contributed by atoms with Crippen LogP contribution in [-0.4, -0.2) is 38.7 Å². The zero-order chi connectivity index (χ0) is 18.9. The van der Waals surface area contributed by atoms with Crippen LogP contribution in [-0.2, 0) is 26.1 Å². The van der Waals surface area contributed by atoms with Crippen LogP contribution in [0.2, 0.25) is 0 Å². The van der Waals surface area contributed by atoms with Gasteiger partial charge in [0.15, 0.2) is 0 Å². The van der Waals surface area contributed by atoms with E-state index >= 15 is 0 Å². The van der Waals surface area contributed by atoms with Gasteiger partial charge in [-0.25, -0.2) is 0 Å². The van der Waals surface area contributed by atoms with E-state index < -0.39 is 0 Å². The molecular weight excluding hydrogens is 354 g/mol. The minimum Gasteiger partial charge on any atom is -0.468 e. The third kappa shape index (κ3) is 3.33. The van der Waals surface area contributed by atoms with Crippen molar-refractivity contribution in [3.8, 4) is 0 Å². The Hall–Kier alpha value is -2.93. The molecule has 3 aromatic rings. The molecule has 7 heteroatoms. The van der Waals surface area contributed by atoms with Crippen molar-refractivity contribution in [2.45, 2.75) is 26.1 Å². The van der Waals surface area contributed by atoms with Crippen LogP contribution < -0.4 is 5.32 Å². The molecule has 0 radical (unpaired) electrons. The first-order chi connectivity index (χ1) is 13.8. The summed E-state index contributed by atoms with van der Waals surface area (Å²) in [4.78, 5) is 15.1. The van der Waals surface area contributed by atoms with Gasteiger partial charge in [0.2, 0.25) is 5.82 Å². The average molecular weight is 377 g/mol. The SMILES string of the molecule is O=C(NCc1ccccc1)c1nnc2n1C[C@H]1CN(Cc3ccco3)C[C@H]1C2. The minimum atomic E-state index is -0.161. The number of amides is 1. The number of nitrogens with one attached hydrogen (secondary N) is 1. The molecular formula is C21H23N5O2. The molecule has 144 valence electrons. The van der Waals surface area contributed by atoms with Crippen LogP contribution >= 0.6 is 0 Å². The third-order valence-electron chi connectivity index (χ3n) is 5.80. The fourth-order valence-electron chi connectivity index (χ4n) is 4.40. The summed E-state index contributed by atoms with van der Waals surface area (Å²) >= 11 is 0. The molecule has 0 spiro atoms. The first kappa shape index (κ1) is 17.2. The number of aromatic nitrogens is 3. The van der Waals surface area contributed by atoms with Crippen LogP contribution in [0, 0.1) is 11.8 Å². The number of carbonyl (C=O) groups excluding carboxylic acids is 1. The predicted molar refractivity (Wildman–Crippen MR) is 102 cm³/mol. The van der Waals surface area contributed by atoms with Crippen molar-refractivity contribution in [1.82, 2.24) is 25.0 Å². The monoisotopic (exact) mass is 377 g/mol. The average Bonchev–Trinajstić information content (AvgIpc) is 3.44. The lowest BCUT2D eigenvalue weighted by atomic mass is 9.89. The molecule has 5 rings (SSSR count). The molecule has 1 N–H and O–H groups in total. The summed E-state index contributed by atoms with van der Waals surface area (Å²) in [5.41, 5.74) is 1.07. The van der Waals surface area contributed by atoms with Gasteiger partial charge in [-0.05, 0) is 29.5 Å². The Morgan fingerprint density at radius 2 is 1.93 bits per heavy atom. The smallest absolute Gasteiger partial charge is 0.289 e. The third-order valence-corrected chi connectivity index (χ3v) is 5.80. The van der Waals surface area contributed by atoms with Gasteiger partial charge in [-0.2, -0.15) is 0 Å². The van der Waals surface area contributed by atoms with Crippen molar-refractivity contribution in [2.75, 3.05) is 13.1 Å². The van der Waals surface area contributed by atoms with Gasteiger partial charge in [-0.15, -0.1) is 10.2 Å². The standard InChI is InChI=1S/C21H23N5O2/c27-21(22-10-15-5-2-1-3-6-15)20-24-23-19-9-16-11-25(12-17(16)13-26(19)20)14-18-7-4-8-28-18/h1-8,16-17H,9-14H2,(H,22,27)/t16-,17-/m1/s1. The van der Waals surface area contributed by atoms with E-state index in [2.05, 4.69) is 20.4 Å². The van der Waals surface area contributed by atoms with Crippen molar-refractivity contribution >= 4 is 5.91 Å². The topological polar surface area (TPSA) is 76.2 Å². The van der Waals surface area contributed by atoms with Gasteiger partial charge in [0.05, 0.1) is 12.8 Å². The second-order valence-electron chi connectivity index (χ2n) is 7.72. The first-order valence-corrected chi connectivity index (χ1v) is 9.75. The number of hydrogen-bond donors (Lipinski definition) is 1. The molecule has 1 saturated heterocycles. The van der Waals surface area contributed by atoms with E-state index in [1.165, 1.54) is 0 Å². The van der Waals surface area contributed by atoms with E-state index in [0.717, 1.165) is 49.7 Å². The van der Waals surface area contributed by atoms with E-state index in [0.29, 0.717) is 24.2 Å². The van der Waals surface area contributed by atoms with Crippen molar-refractivity contribution in [2.24, 2.45) is 11.8 Å². The van der Waals surface area contributed by atoms with Gasteiger partial charge in [0.25, 0.3) is 5.91 Å². The molecule has 28 heavy (non-hydrogen) atoms. The Bertz CT molecular complexity index is 951. The Kier molecular flexibility index (Phi) is 4.44. The van der Waals surface area contributed by atoms with Crippen LogP contribution in [0.1, 0.15) is 27.8 Å². The van der Waals surface area contributed by atoms with Crippen molar-refractivity contribution in [3.05, 3.63) is 71.7 Å². The number of hydrogen-bond acceptors (Lipinski definition) is 5. The normalized spacial score (nSPS) is 21.3. The molecule has 2 atom stereocenters. The predicted octanol–water partition coefficient (Wildman–Crippen LogP) is 2.11. The Morgan fingerprint density at radius 3 is 2.75 bits per heavy atom. The second-order valence-corrected chi connectivity index (χ2v) is 7.72. The first-order valence-electron chi connectivity index (χ1n) is 9.75. The van der Waals surface area contributed by atoms with E-state index in [4.69, 9.17) is 4.42 Å². The molecule has 0 bridgehead atoms. The molecule has 0 saturated carbocycles. The highest BCUT2D eigenvalue weighted by atomic mass is 16.3. The number of benzene rings is 1. The largest absolute Gasteiger partial charge is 0.468 e. The molecule has 2 aliphatic heterocycles. The van der Waals surface area contributed by atoms with Crippen molar-refractivity contribution in [1.29, 1.82) is 0 Å². The lowest BCUT2D eigenvalue weighted by Gasteiger charge is -2.25. The minimum absolute atomic E-state index is 0.161. The lowest BCUT2D eigenvalue weighted by Crippen LogP contribution is -2.32. The summed E-state index contributed by atoms with van der Waals surface area (Å²) in [6.07, 6.45) is 2.60. The van der Waals surface area contributed by atoms with Gasteiger partial charge < -0.3 is 14.3 Å². The van der Waals surface area contributed by atoms with Crippen LogP contribution in [0.5, 0.6) is 0 Å². The maximum Gasteiger partial charge on any atom is 0.289 e. The molecule has 2 aliphatic rings. The number of nitrogens with zero attached hydrogens (tertiary/aromatic N) is 4. The van der Waals surface area contributed by atoms with Crippen LogP contribution in [0.15, 0.2) is 53.1 Å². The number of likely N-dealkylation sites (tertiary alicyclic amines) is 1. The number of rotatable bonds is 5. The van der Waals surface area contributed by atoms with Crippen LogP contribution in [0.3, 0.4) is 0 Å². The highest BCUT2D eigenvalue weighted by Gasteiger charge is 2.39. The quantitative estimate of drug-likeness (QED) is 0.737. The molecule has 0 unspecified atom stereocenters. The van der Waals surface area contributed by atoms with Gasteiger partial charge in [0, 0.05) is 32.6 Å². The summed E-state index contributed by atoms with van der Waals surface area (Å²) < 4.78 is 7.50. The van der Waals surface area contributed by atoms with Crippen molar-refractivity contribution < 1.29 is 9.21 Å². The van der Waals surface area contributed by atoms with E-state index in [9.17, 15) is 4.79 Å². The second kappa shape index (κ2) is 7.24. The van der Waals surface area contributed by atoms with Crippen LogP contribution in [0.25, 0.3) is 0 Å². The highest BCUT2D eigenvalue weighted by molar-refractivity contribution is 5.90. The maximum absolute atomic E-state index is 12.7. The van der Waals surface area contributed by atoms with Gasteiger partial charge >= 0.3 is 0 Å². The molecule has 7 nitrogen and oxygen atoms in total. The van der Waals surface area contributed by atoms with E-state index in [1.54, 1.807) is 6.26 Å². The van der Waals surface area contributed by atoms with Gasteiger partial charge in [-0.1, -0.05) is 30.3 Å². The number of furan rings is 1. The Labute approximate surface area is 163 Å². The van der Waals surface area contributed by atoms with Gasteiger partial charge in [-0.3, -0.25) is 9.69 Å². The summed E-state index contributed by atoms with van der Waals surface area (Å²) in [6, 6.07) is 13.8. The van der Waals surface area contributed by atoms with E-state index in [-0.39, 0.29) is 5.91 Å². The molecule has 0 aliphatic carbocycles. The number of fused-ring (bicyclic) bond motifs is 2. The van der Waals surface area contributed by atoms with E-state index in [1.807, 2.05) is 47.0 Å². The Balaban J connectivity index is 1.25. The molecule has 1 aromatic carbocycles. The van der Waals surface area contributed by atoms with Crippen molar-refractivity contribution in [3.63, 3.8) is 0 Å². The summed E-state index contributed by atoms with van der Waals surface area (Å²) in [6.45, 7) is 4.17. The zero-order valence-corrected chi connectivity index (χ0v) is 15.6. The lowest BCUT2D eigenvalue weighted by molar-refractivity contribution is 0.0932. The maximum atomic E-state index is 12.7. The molecule has 1 amide bonds. The number of carbonyl (C=O) groups is 1. The summed E-state index contributed by atoms with van der Waals surface area (Å²) in [5.74, 6) is 3.26. The molecule has 1 fully saturated rings. The fourth-order valence-corrected chi connectivity index (χ4v) is 4.40. The summed E-state index contributed by atoms with van der Waals surface area (Å²) in [7, 11) is 0. The Morgan fingerprint density at radius 1 is 1.07 bits per heavy atom. The highest BCUT2D eigenvalue weighted by Crippen LogP contribution is 2.33. The molecule has 2 aromatic heterocycles. The zero-order valence-electron chi connectivity index (χ0n) is 15.6. The fraction of sp³-hybridized carbons (Fsp3) is 0.381.